The van der Waals surface area contributed by atoms with Gasteiger partial charge in [-0.3, -0.25) is 14.4 Å². The SMILES string of the molecule is CC(=O)Oc1cccnc1C(OC(C)=O)OC(C)=O. The largest absolute Gasteiger partial charge is 0.424 e. The number of carbonyl (C=O) groups is 3. The lowest BCUT2D eigenvalue weighted by molar-refractivity contribution is -0.187. The van der Waals surface area contributed by atoms with Gasteiger partial charge in [-0.25, -0.2) is 4.98 Å². The smallest absolute Gasteiger partial charge is 0.308 e. The third-order valence-electron chi connectivity index (χ3n) is 1.82. The standard InChI is InChI=1S/C12H13NO6/c1-7(14)17-10-5-4-6-13-11(10)12(18-8(2)15)19-9(3)16/h4-6,12H,1-3H3. The van der Waals surface area contributed by atoms with Crippen molar-refractivity contribution in [3.8, 4) is 5.75 Å². The molecule has 0 saturated carbocycles. The molecule has 1 heterocycles. The van der Waals surface area contributed by atoms with E-state index in [9.17, 15) is 14.4 Å². The molecule has 0 unspecified atom stereocenters. The third kappa shape index (κ3) is 4.74. The van der Waals surface area contributed by atoms with Crippen molar-refractivity contribution in [1.82, 2.24) is 4.98 Å². The highest BCUT2D eigenvalue weighted by Crippen LogP contribution is 2.26. The number of aromatic nitrogens is 1. The zero-order valence-electron chi connectivity index (χ0n) is 10.7. The van der Waals surface area contributed by atoms with Crippen LogP contribution in [0.15, 0.2) is 18.3 Å². The van der Waals surface area contributed by atoms with Gasteiger partial charge in [0.2, 0.25) is 0 Å². The molecular weight excluding hydrogens is 254 g/mol. The first-order chi connectivity index (χ1) is 8.90. The number of rotatable bonds is 4. The van der Waals surface area contributed by atoms with Crippen molar-refractivity contribution in [1.29, 1.82) is 0 Å². The summed E-state index contributed by atoms with van der Waals surface area (Å²) in [5, 5.41) is 0. The Balaban J connectivity index is 3.09. The number of pyridine rings is 1. The van der Waals surface area contributed by atoms with Gasteiger partial charge >= 0.3 is 17.9 Å². The van der Waals surface area contributed by atoms with Gasteiger partial charge in [0, 0.05) is 27.0 Å². The van der Waals surface area contributed by atoms with Crippen molar-refractivity contribution in [2.45, 2.75) is 27.1 Å². The highest BCUT2D eigenvalue weighted by atomic mass is 16.7. The molecule has 0 bridgehead atoms. The number of carbonyl (C=O) groups excluding carboxylic acids is 3. The number of hydrogen-bond acceptors (Lipinski definition) is 7. The maximum Gasteiger partial charge on any atom is 0.308 e. The molecule has 1 aromatic heterocycles. The molecule has 0 amide bonds. The zero-order chi connectivity index (χ0) is 14.4. The minimum absolute atomic E-state index is 0.0306. The molecule has 0 aromatic carbocycles. The van der Waals surface area contributed by atoms with Crippen LogP contribution >= 0.6 is 0 Å². The lowest BCUT2D eigenvalue weighted by Gasteiger charge is -2.17. The van der Waals surface area contributed by atoms with Crippen molar-refractivity contribution in [2.75, 3.05) is 0 Å². The molecule has 0 saturated heterocycles. The second kappa shape index (κ2) is 6.48. The maximum atomic E-state index is 11.0. The van der Waals surface area contributed by atoms with E-state index in [1.807, 2.05) is 0 Å². The number of nitrogens with zero attached hydrogens (tertiary/aromatic N) is 1. The molecule has 7 heteroatoms. The number of ether oxygens (including phenoxy) is 3. The monoisotopic (exact) mass is 267 g/mol. The van der Waals surface area contributed by atoms with Crippen LogP contribution in [0.1, 0.15) is 32.8 Å². The Hall–Kier alpha value is -2.44. The summed E-state index contributed by atoms with van der Waals surface area (Å²) in [7, 11) is 0. The highest BCUT2D eigenvalue weighted by molar-refractivity contribution is 5.70. The molecule has 0 fully saturated rings. The van der Waals surface area contributed by atoms with Gasteiger partial charge in [0.1, 0.15) is 0 Å². The maximum absolute atomic E-state index is 11.0. The van der Waals surface area contributed by atoms with Gasteiger partial charge in [-0.1, -0.05) is 0 Å². The molecule has 0 aliphatic rings. The molecule has 0 aliphatic carbocycles. The summed E-state index contributed by atoms with van der Waals surface area (Å²) in [6.07, 6.45) is 0.0352. The topological polar surface area (TPSA) is 91.8 Å². The van der Waals surface area contributed by atoms with E-state index in [1.54, 1.807) is 0 Å². The minimum Gasteiger partial charge on any atom is -0.424 e. The van der Waals surface area contributed by atoms with E-state index >= 15 is 0 Å². The lowest BCUT2D eigenvalue weighted by atomic mass is 10.3. The summed E-state index contributed by atoms with van der Waals surface area (Å²) in [5.74, 6) is -1.84. The molecule has 0 aliphatic heterocycles. The first-order valence-corrected chi connectivity index (χ1v) is 5.38. The van der Waals surface area contributed by atoms with E-state index < -0.39 is 24.2 Å². The molecule has 0 atom stereocenters. The van der Waals surface area contributed by atoms with Crippen LogP contribution in [0.25, 0.3) is 0 Å². The average Bonchev–Trinajstić information content (AvgIpc) is 2.26. The van der Waals surface area contributed by atoms with E-state index in [0.29, 0.717) is 0 Å². The lowest BCUT2D eigenvalue weighted by Crippen LogP contribution is -2.18. The van der Waals surface area contributed by atoms with Crippen LogP contribution in [0.4, 0.5) is 0 Å². The van der Waals surface area contributed by atoms with Crippen LogP contribution in [0.2, 0.25) is 0 Å². The summed E-state index contributed by atoms with van der Waals surface area (Å²) < 4.78 is 14.6. The van der Waals surface area contributed by atoms with Crippen LogP contribution in [0.3, 0.4) is 0 Å². The van der Waals surface area contributed by atoms with Gasteiger partial charge < -0.3 is 14.2 Å². The fourth-order valence-electron chi connectivity index (χ4n) is 1.26. The van der Waals surface area contributed by atoms with Crippen LogP contribution in [-0.4, -0.2) is 22.9 Å². The Morgan fingerprint density at radius 3 is 2.11 bits per heavy atom. The van der Waals surface area contributed by atoms with E-state index in [1.165, 1.54) is 25.3 Å². The second-order valence-electron chi connectivity index (χ2n) is 3.53. The van der Waals surface area contributed by atoms with Gasteiger partial charge in [0.25, 0.3) is 6.29 Å². The zero-order valence-corrected chi connectivity index (χ0v) is 10.7. The van der Waals surface area contributed by atoms with E-state index in [-0.39, 0.29) is 11.4 Å². The third-order valence-corrected chi connectivity index (χ3v) is 1.82. The average molecular weight is 267 g/mol. The van der Waals surface area contributed by atoms with Gasteiger partial charge in [-0.15, -0.1) is 0 Å². The normalized spacial score (nSPS) is 9.89. The first-order valence-electron chi connectivity index (χ1n) is 5.38. The molecule has 0 N–H and O–H groups in total. The van der Waals surface area contributed by atoms with Gasteiger partial charge in [0.15, 0.2) is 11.4 Å². The number of esters is 3. The highest BCUT2D eigenvalue weighted by Gasteiger charge is 2.24. The fraction of sp³-hybridized carbons (Fsp3) is 0.333. The molecule has 102 valence electrons. The molecule has 19 heavy (non-hydrogen) atoms. The van der Waals surface area contributed by atoms with E-state index in [4.69, 9.17) is 14.2 Å². The Morgan fingerprint density at radius 1 is 1.05 bits per heavy atom. The number of hydrogen-bond donors (Lipinski definition) is 0. The second-order valence-corrected chi connectivity index (χ2v) is 3.53. The quantitative estimate of drug-likeness (QED) is 0.596. The van der Waals surface area contributed by atoms with Gasteiger partial charge in [-0.05, 0) is 12.1 Å². The Morgan fingerprint density at radius 2 is 1.63 bits per heavy atom. The molecule has 7 nitrogen and oxygen atoms in total. The molecule has 0 spiro atoms. The molecule has 1 aromatic rings. The van der Waals surface area contributed by atoms with Crippen molar-refractivity contribution in [2.24, 2.45) is 0 Å². The Kier molecular flexibility index (Phi) is 4.99. The molecule has 1 rings (SSSR count). The predicted molar refractivity (Wildman–Crippen MR) is 61.8 cm³/mol. The minimum atomic E-state index is -1.36. The predicted octanol–water partition coefficient (Wildman–Crippen LogP) is 1.13. The van der Waals surface area contributed by atoms with Crippen LogP contribution in [0.5, 0.6) is 5.75 Å². The Labute approximate surface area is 109 Å². The first kappa shape index (κ1) is 14.6. The van der Waals surface area contributed by atoms with Crippen LogP contribution in [-0.2, 0) is 23.9 Å². The van der Waals surface area contributed by atoms with Crippen molar-refractivity contribution >= 4 is 17.9 Å². The molecule has 0 radical (unpaired) electrons. The van der Waals surface area contributed by atoms with E-state index in [2.05, 4.69) is 4.98 Å². The summed E-state index contributed by atoms with van der Waals surface area (Å²) in [4.78, 5) is 36.9. The van der Waals surface area contributed by atoms with Gasteiger partial charge in [0.05, 0.1) is 0 Å². The molecular formula is C12H13NO6. The van der Waals surface area contributed by atoms with Crippen molar-refractivity contribution in [3.05, 3.63) is 24.0 Å². The van der Waals surface area contributed by atoms with Crippen molar-refractivity contribution < 1.29 is 28.6 Å². The summed E-state index contributed by atoms with van der Waals surface area (Å²) in [6.45, 7) is 3.53. The van der Waals surface area contributed by atoms with E-state index in [0.717, 1.165) is 13.8 Å². The van der Waals surface area contributed by atoms with Crippen LogP contribution in [0, 0.1) is 0 Å². The fourth-order valence-corrected chi connectivity index (χ4v) is 1.26. The summed E-state index contributed by atoms with van der Waals surface area (Å²) in [6, 6.07) is 2.98. The summed E-state index contributed by atoms with van der Waals surface area (Å²) in [5.41, 5.74) is 0.0306. The van der Waals surface area contributed by atoms with Crippen LogP contribution < -0.4 is 4.74 Å². The van der Waals surface area contributed by atoms with Crippen molar-refractivity contribution in [3.63, 3.8) is 0 Å². The Bertz CT molecular complexity index is 483. The summed E-state index contributed by atoms with van der Waals surface area (Å²) >= 11 is 0. The van der Waals surface area contributed by atoms with Gasteiger partial charge in [-0.2, -0.15) is 0 Å².